The van der Waals surface area contributed by atoms with Crippen molar-refractivity contribution >= 4 is 44.4 Å². The Morgan fingerprint density at radius 3 is 3.00 bits per heavy atom. The van der Waals surface area contributed by atoms with Gasteiger partial charge in [-0.15, -0.1) is 11.8 Å². The maximum atomic E-state index is 12.1. The first kappa shape index (κ1) is 16.7. The summed E-state index contributed by atoms with van der Waals surface area (Å²) >= 11 is 2.97. The smallest absolute Gasteiger partial charge is 0.226 e. The highest BCUT2D eigenvalue weighted by Crippen LogP contribution is 2.29. The van der Waals surface area contributed by atoms with Gasteiger partial charge in [-0.2, -0.15) is 0 Å². The number of anilines is 1. The number of nitrogens with zero attached hydrogens (tertiary/aromatic N) is 3. The molecule has 0 radical (unpaired) electrons. The highest BCUT2D eigenvalue weighted by Gasteiger charge is 2.09. The van der Waals surface area contributed by atoms with Crippen LogP contribution in [0, 0.1) is 6.92 Å². The second-order valence-corrected chi connectivity index (χ2v) is 7.14. The fourth-order valence-electron chi connectivity index (χ4n) is 2.02. The monoisotopic (exact) mass is 360 g/mol. The van der Waals surface area contributed by atoms with Crippen LogP contribution in [0.1, 0.15) is 12.1 Å². The minimum Gasteiger partial charge on any atom is -0.497 e. The summed E-state index contributed by atoms with van der Waals surface area (Å²) in [5, 5.41) is 4.33. The van der Waals surface area contributed by atoms with E-state index in [0.717, 1.165) is 26.7 Å². The highest BCUT2D eigenvalue weighted by molar-refractivity contribution is 7.99. The summed E-state index contributed by atoms with van der Waals surface area (Å²) < 4.78 is 6.18. The fourth-order valence-corrected chi connectivity index (χ4v) is 3.81. The van der Waals surface area contributed by atoms with Crippen LogP contribution in [0.5, 0.6) is 5.75 Å². The number of benzene rings is 1. The van der Waals surface area contributed by atoms with Crippen molar-refractivity contribution in [2.75, 3.05) is 18.2 Å². The normalized spacial score (nSPS) is 10.8. The molecule has 2 aromatic heterocycles. The summed E-state index contributed by atoms with van der Waals surface area (Å²) in [4.78, 5) is 24.7. The predicted molar refractivity (Wildman–Crippen MR) is 96.9 cm³/mol. The Labute approximate surface area is 147 Å². The number of methoxy groups -OCH3 is 1. The largest absolute Gasteiger partial charge is 0.497 e. The molecule has 1 N–H and O–H groups in total. The third kappa shape index (κ3) is 4.21. The molecule has 0 fully saturated rings. The van der Waals surface area contributed by atoms with Gasteiger partial charge in [0.2, 0.25) is 5.91 Å². The molecule has 3 rings (SSSR count). The number of aromatic nitrogens is 3. The van der Waals surface area contributed by atoms with Crippen LogP contribution in [-0.4, -0.2) is 33.7 Å². The molecule has 0 unspecified atom stereocenters. The number of thiazole rings is 1. The van der Waals surface area contributed by atoms with Crippen molar-refractivity contribution in [3.63, 3.8) is 0 Å². The van der Waals surface area contributed by atoms with Crippen molar-refractivity contribution in [3.8, 4) is 5.75 Å². The van der Waals surface area contributed by atoms with E-state index in [1.807, 2.05) is 31.2 Å². The van der Waals surface area contributed by atoms with Gasteiger partial charge in [0.05, 0.1) is 22.4 Å². The molecule has 0 atom stereocenters. The Hall–Kier alpha value is -2.19. The van der Waals surface area contributed by atoms with E-state index in [2.05, 4.69) is 20.3 Å². The first-order valence-electron chi connectivity index (χ1n) is 7.30. The molecule has 124 valence electrons. The molecule has 0 saturated heterocycles. The number of fused-ring (bicyclic) bond motifs is 1. The van der Waals surface area contributed by atoms with Gasteiger partial charge in [0, 0.05) is 17.9 Å². The second kappa shape index (κ2) is 7.59. The number of amides is 1. The van der Waals surface area contributed by atoms with Gasteiger partial charge in [-0.25, -0.2) is 15.0 Å². The number of aryl methyl sites for hydroxylation is 1. The van der Waals surface area contributed by atoms with Crippen molar-refractivity contribution in [1.82, 2.24) is 15.0 Å². The minimum absolute atomic E-state index is 0.0562. The zero-order valence-electron chi connectivity index (χ0n) is 13.3. The summed E-state index contributed by atoms with van der Waals surface area (Å²) in [6.45, 7) is 1.92. The molecule has 6 nitrogen and oxygen atoms in total. The quantitative estimate of drug-likeness (QED) is 0.535. The van der Waals surface area contributed by atoms with Crippen molar-refractivity contribution < 1.29 is 9.53 Å². The summed E-state index contributed by atoms with van der Waals surface area (Å²) in [5.74, 6) is 1.38. The van der Waals surface area contributed by atoms with E-state index in [-0.39, 0.29) is 5.91 Å². The van der Waals surface area contributed by atoms with Crippen LogP contribution >= 0.6 is 23.1 Å². The van der Waals surface area contributed by atoms with Gasteiger partial charge >= 0.3 is 0 Å². The van der Waals surface area contributed by atoms with Crippen LogP contribution in [-0.2, 0) is 4.79 Å². The molecule has 0 aliphatic rings. The van der Waals surface area contributed by atoms with E-state index in [9.17, 15) is 4.79 Å². The third-order valence-electron chi connectivity index (χ3n) is 3.20. The van der Waals surface area contributed by atoms with E-state index < -0.39 is 0 Å². The molecule has 0 bridgehead atoms. The van der Waals surface area contributed by atoms with Crippen LogP contribution < -0.4 is 10.1 Å². The van der Waals surface area contributed by atoms with Crippen molar-refractivity contribution in [2.45, 2.75) is 18.4 Å². The van der Waals surface area contributed by atoms with Crippen LogP contribution in [0.4, 0.5) is 5.13 Å². The van der Waals surface area contributed by atoms with Gasteiger partial charge in [-0.1, -0.05) is 11.3 Å². The average molecular weight is 360 g/mol. The molecule has 1 amide bonds. The Morgan fingerprint density at radius 1 is 1.33 bits per heavy atom. The maximum absolute atomic E-state index is 12.1. The molecule has 0 saturated carbocycles. The Kier molecular flexibility index (Phi) is 5.27. The molecular formula is C16H16N4O2S2. The number of hydrogen-bond acceptors (Lipinski definition) is 7. The molecular weight excluding hydrogens is 344 g/mol. The van der Waals surface area contributed by atoms with Crippen molar-refractivity contribution in [3.05, 3.63) is 36.3 Å². The van der Waals surface area contributed by atoms with Crippen molar-refractivity contribution in [2.24, 2.45) is 0 Å². The number of ether oxygens (including phenoxy) is 1. The van der Waals surface area contributed by atoms with Crippen molar-refractivity contribution in [1.29, 1.82) is 0 Å². The highest BCUT2D eigenvalue weighted by atomic mass is 32.2. The summed E-state index contributed by atoms with van der Waals surface area (Å²) in [6.07, 6.45) is 1.93. The molecule has 1 aromatic carbocycles. The van der Waals surface area contributed by atoms with Gasteiger partial charge in [-0.05, 0) is 31.2 Å². The Balaban J connectivity index is 1.54. The molecule has 0 aliphatic carbocycles. The minimum atomic E-state index is -0.0562. The standard InChI is InChI=1S/C16H16N4O2S2/c1-10-7-15(18-9-17-10)23-6-5-14(21)20-16-19-12-4-3-11(22-2)8-13(12)24-16/h3-4,7-9H,5-6H2,1-2H3,(H,19,20,21). The number of thioether (sulfide) groups is 1. The molecule has 3 aromatic rings. The maximum Gasteiger partial charge on any atom is 0.226 e. The van der Waals surface area contributed by atoms with Gasteiger partial charge in [0.15, 0.2) is 5.13 Å². The number of hydrogen-bond donors (Lipinski definition) is 1. The SMILES string of the molecule is COc1ccc2nc(NC(=O)CCSc3cc(C)ncn3)sc2c1. The second-order valence-electron chi connectivity index (χ2n) is 5.00. The van der Waals surface area contributed by atoms with Gasteiger partial charge < -0.3 is 10.1 Å². The lowest BCUT2D eigenvalue weighted by Crippen LogP contribution is -2.11. The number of carbonyl (C=O) groups excluding carboxylic acids is 1. The summed E-state index contributed by atoms with van der Waals surface area (Å²) in [7, 11) is 1.63. The predicted octanol–water partition coefficient (Wildman–Crippen LogP) is 3.52. The first-order valence-corrected chi connectivity index (χ1v) is 9.10. The Bertz CT molecular complexity index is 866. The van der Waals surface area contributed by atoms with Gasteiger partial charge in [0.25, 0.3) is 0 Å². The zero-order chi connectivity index (χ0) is 16.9. The average Bonchev–Trinajstić information content (AvgIpc) is 2.95. The summed E-state index contributed by atoms with van der Waals surface area (Å²) in [5.41, 5.74) is 1.77. The third-order valence-corrected chi connectivity index (χ3v) is 5.06. The van der Waals surface area contributed by atoms with E-state index in [0.29, 0.717) is 17.3 Å². The van der Waals surface area contributed by atoms with Crippen LogP contribution in [0.25, 0.3) is 10.2 Å². The van der Waals surface area contributed by atoms with E-state index in [1.165, 1.54) is 29.4 Å². The van der Waals surface area contributed by atoms with Crippen LogP contribution in [0.2, 0.25) is 0 Å². The van der Waals surface area contributed by atoms with Gasteiger partial charge in [0.1, 0.15) is 12.1 Å². The molecule has 0 spiro atoms. The van der Waals surface area contributed by atoms with Gasteiger partial charge in [-0.3, -0.25) is 4.79 Å². The number of carbonyl (C=O) groups is 1. The lowest BCUT2D eigenvalue weighted by Gasteiger charge is -2.02. The number of rotatable bonds is 6. The molecule has 24 heavy (non-hydrogen) atoms. The van der Waals surface area contributed by atoms with Crippen LogP contribution in [0.3, 0.4) is 0 Å². The Morgan fingerprint density at radius 2 is 2.21 bits per heavy atom. The first-order chi connectivity index (χ1) is 11.6. The molecule has 8 heteroatoms. The zero-order valence-corrected chi connectivity index (χ0v) is 14.9. The topological polar surface area (TPSA) is 77.0 Å². The fraction of sp³-hybridized carbons (Fsp3) is 0.250. The molecule has 0 aliphatic heterocycles. The van der Waals surface area contributed by atoms with Crippen LogP contribution in [0.15, 0.2) is 35.6 Å². The summed E-state index contributed by atoms with van der Waals surface area (Å²) in [6, 6.07) is 7.56. The lowest BCUT2D eigenvalue weighted by atomic mass is 10.3. The lowest BCUT2D eigenvalue weighted by molar-refractivity contribution is -0.115. The van der Waals surface area contributed by atoms with E-state index >= 15 is 0 Å². The molecule has 2 heterocycles. The number of nitrogens with one attached hydrogen (secondary N) is 1. The van der Waals surface area contributed by atoms with E-state index in [4.69, 9.17) is 4.74 Å². The van der Waals surface area contributed by atoms with E-state index in [1.54, 1.807) is 7.11 Å².